The summed E-state index contributed by atoms with van der Waals surface area (Å²) in [5.74, 6) is 0.886. The number of nitrogens with two attached hydrogens (primary N) is 1. The van der Waals surface area contributed by atoms with Crippen molar-refractivity contribution in [2.45, 2.75) is 12.8 Å². The van der Waals surface area contributed by atoms with Gasteiger partial charge in [0.05, 0.1) is 6.61 Å². The molecule has 1 aromatic heterocycles. The Bertz CT molecular complexity index is 710. The number of nitrogen functional groups attached to an aromatic ring is 1. The normalized spacial score (nSPS) is 10.5. The number of hydrogen-bond acceptors (Lipinski definition) is 5. The molecule has 2 N–H and O–H groups in total. The molecule has 112 valence electrons. The van der Waals surface area contributed by atoms with Gasteiger partial charge in [0.25, 0.3) is 0 Å². The van der Waals surface area contributed by atoms with Crippen molar-refractivity contribution in [1.29, 1.82) is 0 Å². The van der Waals surface area contributed by atoms with Crippen molar-refractivity contribution < 1.29 is 4.74 Å². The van der Waals surface area contributed by atoms with Crippen LogP contribution in [0.5, 0.6) is 5.75 Å². The van der Waals surface area contributed by atoms with E-state index >= 15 is 0 Å². The Morgan fingerprint density at radius 3 is 2.32 bits per heavy atom. The van der Waals surface area contributed by atoms with E-state index in [0.29, 0.717) is 11.7 Å². The Labute approximate surface area is 133 Å². The monoisotopic (exact) mass is 311 g/mol. The molecule has 1 heterocycles. The van der Waals surface area contributed by atoms with Gasteiger partial charge in [-0.25, -0.2) is 0 Å². The van der Waals surface area contributed by atoms with Crippen molar-refractivity contribution in [2.75, 3.05) is 12.3 Å². The second-order valence-corrected chi connectivity index (χ2v) is 5.97. The van der Waals surface area contributed by atoms with E-state index in [4.69, 9.17) is 10.5 Å². The van der Waals surface area contributed by atoms with Gasteiger partial charge in [-0.15, -0.1) is 10.2 Å². The molecule has 0 bridgehead atoms. The minimum atomic E-state index is 0.521. The fraction of sp³-hybridized carbons (Fsp3) is 0.176. The summed E-state index contributed by atoms with van der Waals surface area (Å²) < 4.78 is 5.75. The second-order valence-electron chi connectivity index (χ2n) is 4.88. The number of aryl methyl sites for hydroxylation is 1. The second kappa shape index (κ2) is 7.04. The Kier molecular flexibility index (Phi) is 4.65. The molecular formula is C17H17N3OS. The Morgan fingerprint density at radius 2 is 1.64 bits per heavy atom. The highest BCUT2D eigenvalue weighted by atomic mass is 32.1. The number of rotatable bonds is 6. The average molecular weight is 311 g/mol. The van der Waals surface area contributed by atoms with E-state index in [1.165, 1.54) is 22.5 Å². The van der Waals surface area contributed by atoms with Crippen LogP contribution in [0.4, 0.5) is 5.13 Å². The molecule has 0 amide bonds. The van der Waals surface area contributed by atoms with E-state index in [9.17, 15) is 0 Å². The number of anilines is 1. The highest BCUT2D eigenvalue weighted by molar-refractivity contribution is 7.15. The number of benzene rings is 2. The third-order valence-corrected chi connectivity index (χ3v) is 4.06. The zero-order chi connectivity index (χ0) is 15.2. The first kappa shape index (κ1) is 14.5. The predicted octanol–water partition coefficient (Wildman–Crippen LogP) is 3.80. The van der Waals surface area contributed by atoms with Crippen LogP contribution in [-0.4, -0.2) is 16.8 Å². The summed E-state index contributed by atoms with van der Waals surface area (Å²) in [6.07, 6.45) is 1.74. The first-order chi connectivity index (χ1) is 10.8. The molecule has 22 heavy (non-hydrogen) atoms. The fourth-order valence-electron chi connectivity index (χ4n) is 2.16. The van der Waals surface area contributed by atoms with Crippen molar-refractivity contribution in [3.8, 4) is 16.9 Å². The van der Waals surface area contributed by atoms with Crippen molar-refractivity contribution in [3.63, 3.8) is 0 Å². The van der Waals surface area contributed by atoms with Crippen molar-refractivity contribution in [3.05, 3.63) is 59.6 Å². The molecule has 2 aromatic carbocycles. The molecule has 0 atom stereocenters. The maximum atomic E-state index is 5.75. The smallest absolute Gasteiger partial charge is 0.203 e. The van der Waals surface area contributed by atoms with Crippen LogP contribution in [0, 0.1) is 0 Å². The molecule has 4 nitrogen and oxygen atoms in total. The summed E-state index contributed by atoms with van der Waals surface area (Å²) in [6.45, 7) is 0.657. The van der Waals surface area contributed by atoms with Crippen LogP contribution < -0.4 is 10.5 Å². The summed E-state index contributed by atoms with van der Waals surface area (Å²) in [4.78, 5) is 0. The summed E-state index contributed by atoms with van der Waals surface area (Å²) >= 11 is 1.43. The van der Waals surface area contributed by atoms with E-state index in [-0.39, 0.29) is 0 Å². The van der Waals surface area contributed by atoms with Gasteiger partial charge in [-0.05, 0) is 29.7 Å². The highest BCUT2D eigenvalue weighted by Gasteiger charge is 2.02. The van der Waals surface area contributed by atoms with Crippen LogP contribution in [0.2, 0.25) is 0 Å². The first-order valence-electron chi connectivity index (χ1n) is 7.17. The number of aromatic nitrogens is 2. The quantitative estimate of drug-likeness (QED) is 0.703. The largest absolute Gasteiger partial charge is 0.494 e. The van der Waals surface area contributed by atoms with E-state index in [1.54, 1.807) is 0 Å². The number of ether oxygens (including phenoxy) is 1. The minimum Gasteiger partial charge on any atom is -0.494 e. The third kappa shape index (κ3) is 3.83. The molecule has 0 aliphatic carbocycles. The van der Waals surface area contributed by atoms with Gasteiger partial charge in [0.15, 0.2) is 0 Å². The van der Waals surface area contributed by atoms with Gasteiger partial charge in [0.2, 0.25) is 5.13 Å². The zero-order valence-corrected chi connectivity index (χ0v) is 12.9. The first-order valence-corrected chi connectivity index (χ1v) is 7.99. The van der Waals surface area contributed by atoms with Crippen molar-refractivity contribution in [2.24, 2.45) is 0 Å². The highest BCUT2D eigenvalue weighted by Crippen LogP contribution is 2.22. The lowest BCUT2D eigenvalue weighted by Crippen LogP contribution is -1.99. The van der Waals surface area contributed by atoms with Gasteiger partial charge in [-0.2, -0.15) is 0 Å². The SMILES string of the molecule is Nc1nnc(CCCOc2ccc(-c3ccccc3)cc2)s1. The van der Waals surface area contributed by atoms with Gasteiger partial charge >= 0.3 is 0 Å². The zero-order valence-electron chi connectivity index (χ0n) is 12.1. The Balaban J connectivity index is 1.49. The maximum Gasteiger partial charge on any atom is 0.203 e. The Hall–Kier alpha value is -2.40. The molecule has 0 fully saturated rings. The maximum absolute atomic E-state index is 5.75. The predicted molar refractivity (Wildman–Crippen MR) is 90.0 cm³/mol. The lowest BCUT2D eigenvalue weighted by molar-refractivity contribution is 0.311. The molecule has 0 aliphatic heterocycles. The summed E-state index contributed by atoms with van der Waals surface area (Å²) in [6, 6.07) is 18.5. The number of hydrogen-bond donors (Lipinski definition) is 1. The van der Waals surface area contributed by atoms with Crippen LogP contribution in [0.3, 0.4) is 0 Å². The summed E-state index contributed by atoms with van der Waals surface area (Å²) in [5.41, 5.74) is 7.95. The van der Waals surface area contributed by atoms with Gasteiger partial charge in [0, 0.05) is 6.42 Å². The average Bonchev–Trinajstić information content (AvgIpc) is 2.98. The lowest BCUT2D eigenvalue weighted by Gasteiger charge is -2.07. The molecule has 0 aliphatic rings. The Morgan fingerprint density at radius 1 is 0.909 bits per heavy atom. The lowest BCUT2D eigenvalue weighted by atomic mass is 10.1. The third-order valence-electron chi connectivity index (χ3n) is 3.25. The van der Waals surface area contributed by atoms with Crippen LogP contribution in [0.1, 0.15) is 11.4 Å². The van der Waals surface area contributed by atoms with Gasteiger partial charge in [0.1, 0.15) is 10.8 Å². The van der Waals surface area contributed by atoms with Gasteiger partial charge in [-0.3, -0.25) is 0 Å². The summed E-state index contributed by atoms with van der Waals surface area (Å²) in [5, 5.41) is 9.27. The number of nitrogens with zero attached hydrogens (tertiary/aromatic N) is 2. The molecule has 3 aromatic rings. The molecule has 0 unspecified atom stereocenters. The van der Waals surface area contributed by atoms with E-state index in [2.05, 4.69) is 34.5 Å². The van der Waals surface area contributed by atoms with E-state index in [0.717, 1.165) is 23.6 Å². The summed E-state index contributed by atoms with van der Waals surface area (Å²) in [7, 11) is 0. The van der Waals surface area contributed by atoms with Gasteiger partial charge in [-0.1, -0.05) is 53.8 Å². The van der Waals surface area contributed by atoms with Crippen molar-refractivity contribution >= 4 is 16.5 Å². The van der Waals surface area contributed by atoms with Crippen LogP contribution in [0.25, 0.3) is 11.1 Å². The fourth-order valence-corrected chi connectivity index (χ4v) is 2.81. The molecule has 0 spiro atoms. The van der Waals surface area contributed by atoms with E-state index < -0.39 is 0 Å². The van der Waals surface area contributed by atoms with Crippen LogP contribution in [-0.2, 0) is 6.42 Å². The topological polar surface area (TPSA) is 61.0 Å². The van der Waals surface area contributed by atoms with E-state index in [1.807, 2.05) is 30.3 Å². The van der Waals surface area contributed by atoms with Crippen LogP contribution >= 0.6 is 11.3 Å². The molecule has 5 heteroatoms. The molecule has 0 saturated carbocycles. The standard InChI is InChI=1S/C17H17N3OS/c18-17-20-19-16(22-17)7-4-12-21-15-10-8-14(9-11-15)13-5-2-1-3-6-13/h1-3,5-6,8-11H,4,7,12H2,(H2,18,20). The van der Waals surface area contributed by atoms with Crippen LogP contribution in [0.15, 0.2) is 54.6 Å². The minimum absolute atomic E-state index is 0.521. The van der Waals surface area contributed by atoms with Crippen molar-refractivity contribution in [1.82, 2.24) is 10.2 Å². The molecule has 0 radical (unpaired) electrons. The van der Waals surface area contributed by atoms with Gasteiger partial charge < -0.3 is 10.5 Å². The molecular weight excluding hydrogens is 294 g/mol. The molecule has 0 saturated heterocycles. The molecule has 3 rings (SSSR count).